The number of rotatable bonds is 9. The van der Waals surface area contributed by atoms with Crippen LogP contribution in [0.1, 0.15) is 24.5 Å². The van der Waals surface area contributed by atoms with Gasteiger partial charge in [-0.3, -0.25) is 0 Å². The van der Waals surface area contributed by atoms with Crippen LogP contribution in [0.3, 0.4) is 0 Å². The van der Waals surface area contributed by atoms with E-state index in [0.29, 0.717) is 28.1 Å². The molecule has 0 radical (unpaired) electrons. The monoisotopic (exact) mass is 383 g/mol. The highest BCUT2D eigenvalue weighted by atomic mass is 35.5. The molecule has 0 saturated heterocycles. The molecule has 1 atom stereocenters. The zero-order chi connectivity index (χ0) is 18.2. The van der Waals surface area contributed by atoms with Gasteiger partial charge < -0.3 is 19.9 Å². The molecule has 0 heterocycles. The van der Waals surface area contributed by atoms with Crippen molar-refractivity contribution < 1.29 is 14.6 Å². The summed E-state index contributed by atoms with van der Waals surface area (Å²) in [6.07, 6.45) is 0.839. The minimum absolute atomic E-state index is 0.0389. The fourth-order valence-corrected chi connectivity index (χ4v) is 2.94. The van der Waals surface area contributed by atoms with E-state index in [-0.39, 0.29) is 19.3 Å². The normalized spacial score (nSPS) is 12.0. The van der Waals surface area contributed by atoms with E-state index >= 15 is 0 Å². The molecule has 0 amide bonds. The summed E-state index contributed by atoms with van der Waals surface area (Å²) in [4.78, 5) is 0. The van der Waals surface area contributed by atoms with E-state index in [1.165, 1.54) is 0 Å². The SMILES string of the molecule is CCC(CO)NCc1cccc(OC)c1OCc1c(Cl)cccc1Cl. The summed E-state index contributed by atoms with van der Waals surface area (Å²) in [5.74, 6) is 1.28. The standard InChI is InChI=1S/C19H23Cl2NO3/c1-3-14(11-23)22-10-13-6-4-9-18(24-2)19(13)25-12-15-16(20)7-5-8-17(15)21/h4-9,14,22-23H,3,10-12H2,1-2H3. The quantitative estimate of drug-likeness (QED) is 0.671. The third-order valence-electron chi connectivity index (χ3n) is 4.00. The molecule has 2 aromatic rings. The van der Waals surface area contributed by atoms with Crippen molar-refractivity contribution in [2.75, 3.05) is 13.7 Å². The molecule has 1 unspecified atom stereocenters. The fourth-order valence-electron chi connectivity index (χ4n) is 2.43. The second-order valence-electron chi connectivity index (χ2n) is 5.61. The lowest BCUT2D eigenvalue weighted by molar-refractivity contribution is 0.236. The van der Waals surface area contributed by atoms with Crippen LogP contribution in [-0.4, -0.2) is 24.9 Å². The Morgan fingerprint density at radius 1 is 1.12 bits per heavy atom. The maximum Gasteiger partial charge on any atom is 0.166 e. The largest absolute Gasteiger partial charge is 0.493 e. The second kappa shape index (κ2) is 9.88. The molecule has 0 aromatic heterocycles. The van der Waals surface area contributed by atoms with E-state index < -0.39 is 0 Å². The Morgan fingerprint density at radius 2 is 1.80 bits per heavy atom. The minimum atomic E-state index is 0.0389. The fraction of sp³-hybridized carbons (Fsp3) is 0.368. The van der Waals surface area contributed by atoms with Gasteiger partial charge in [0.2, 0.25) is 0 Å². The predicted octanol–water partition coefficient (Wildman–Crippen LogP) is 4.44. The lowest BCUT2D eigenvalue weighted by Crippen LogP contribution is -2.31. The van der Waals surface area contributed by atoms with Crippen LogP contribution in [0.2, 0.25) is 10.0 Å². The van der Waals surface area contributed by atoms with Crippen molar-refractivity contribution in [1.82, 2.24) is 5.32 Å². The van der Waals surface area contributed by atoms with Crippen molar-refractivity contribution in [2.45, 2.75) is 32.5 Å². The van der Waals surface area contributed by atoms with Gasteiger partial charge in [0.25, 0.3) is 0 Å². The Labute approximate surface area is 158 Å². The van der Waals surface area contributed by atoms with Crippen LogP contribution in [0.4, 0.5) is 0 Å². The summed E-state index contributed by atoms with van der Waals surface area (Å²) in [5, 5.41) is 13.8. The minimum Gasteiger partial charge on any atom is -0.493 e. The Bertz CT molecular complexity index is 670. The first kappa shape index (κ1) is 19.9. The van der Waals surface area contributed by atoms with Gasteiger partial charge in [0.15, 0.2) is 11.5 Å². The van der Waals surface area contributed by atoms with Gasteiger partial charge in [-0.15, -0.1) is 0 Å². The van der Waals surface area contributed by atoms with Gasteiger partial charge in [-0.1, -0.05) is 48.3 Å². The highest BCUT2D eigenvalue weighted by Gasteiger charge is 2.14. The highest BCUT2D eigenvalue weighted by molar-refractivity contribution is 6.35. The van der Waals surface area contributed by atoms with Crippen molar-refractivity contribution in [3.8, 4) is 11.5 Å². The van der Waals surface area contributed by atoms with Gasteiger partial charge >= 0.3 is 0 Å². The van der Waals surface area contributed by atoms with E-state index in [0.717, 1.165) is 17.5 Å². The van der Waals surface area contributed by atoms with Gasteiger partial charge in [-0.2, -0.15) is 0 Å². The highest BCUT2D eigenvalue weighted by Crippen LogP contribution is 2.33. The molecule has 0 aliphatic rings. The molecule has 136 valence electrons. The zero-order valence-electron chi connectivity index (χ0n) is 14.4. The summed E-state index contributed by atoms with van der Waals surface area (Å²) in [7, 11) is 1.60. The van der Waals surface area contributed by atoms with Gasteiger partial charge in [-0.05, 0) is 24.6 Å². The summed E-state index contributed by atoms with van der Waals surface area (Å²) < 4.78 is 11.4. The lowest BCUT2D eigenvalue weighted by atomic mass is 10.1. The lowest BCUT2D eigenvalue weighted by Gasteiger charge is -2.19. The number of benzene rings is 2. The van der Waals surface area contributed by atoms with E-state index in [1.54, 1.807) is 25.3 Å². The summed E-state index contributed by atoms with van der Waals surface area (Å²) in [6.45, 7) is 2.91. The molecule has 0 aliphatic heterocycles. The van der Waals surface area contributed by atoms with E-state index in [1.807, 2.05) is 25.1 Å². The number of aliphatic hydroxyl groups is 1. The van der Waals surface area contributed by atoms with Crippen LogP contribution in [0.5, 0.6) is 11.5 Å². The second-order valence-corrected chi connectivity index (χ2v) is 6.42. The molecule has 0 bridgehead atoms. The molecule has 2 aromatic carbocycles. The van der Waals surface area contributed by atoms with Crippen LogP contribution < -0.4 is 14.8 Å². The first-order valence-electron chi connectivity index (χ1n) is 8.16. The molecular weight excluding hydrogens is 361 g/mol. The summed E-state index contributed by atoms with van der Waals surface area (Å²) >= 11 is 12.4. The van der Waals surface area contributed by atoms with Crippen molar-refractivity contribution >= 4 is 23.2 Å². The molecular formula is C19H23Cl2NO3. The Morgan fingerprint density at radius 3 is 2.40 bits per heavy atom. The Hall–Kier alpha value is -1.46. The van der Waals surface area contributed by atoms with Gasteiger partial charge in [0.05, 0.1) is 13.7 Å². The number of halogens is 2. The molecule has 0 aliphatic carbocycles. The van der Waals surface area contributed by atoms with Crippen LogP contribution in [0.25, 0.3) is 0 Å². The molecule has 0 saturated carbocycles. The Balaban J connectivity index is 2.20. The molecule has 0 spiro atoms. The maximum absolute atomic E-state index is 9.34. The summed E-state index contributed by atoms with van der Waals surface area (Å²) in [5.41, 5.74) is 1.67. The topological polar surface area (TPSA) is 50.7 Å². The van der Waals surface area contributed by atoms with Crippen molar-refractivity contribution in [2.24, 2.45) is 0 Å². The number of nitrogens with one attached hydrogen (secondary N) is 1. The van der Waals surface area contributed by atoms with Gasteiger partial charge in [-0.25, -0.2) is 0 Å². The van der Waals surface area contributed by atoms with Crippen molar-refractivity contribution in [1.29, 1.82) is 0 Å². The van der Waals surface area contributed by atoms with Crippen LogP contribution >= 0.6 is 23.2 Å². The third kappa shape index (κ3) is 5.25. The van der Waals surface area contributed by atoms with Gasteiger partial charge in [0, 0.05) is 33.8 Å². The molecule has 4 nitrogen and oxygen atoms in total. The zero-order valence-corrected chi connectivity index (χ0v) is 15.9. The third-order valence-corrected chi connectivity index (χ3v) is 4.71. The van der Waals surface area contributed by atoms with Crippen molar-refractivity contribution in [3.05, 3.63) is 57.6 Å². The molecule has 2 rings (SSSR count). The average molecular weight is 384 g/mol. The first-order chi connectivity index (χ1) is 12.1. The number of hydrogen-bond donors (Lipinski definition) is 2. The van der Waals surface area contributed by atoms with E-state index in [2.05, 4.69) is 5.32 Å². The average Bonchev–Trinajstić information content (AvgIpc) is 2.62. The van der Waals surface area contributed by atoms with Crippen LogP contribution in [0, 0.1) is 0 Å². The van der Waals surface area contributed by atoms with Crippen LogP contribution in [0.15, 0.2) is 36.4 Å². The van der Waals surface area contributed by atoms with E-state index in [9.17, 15) is 5.11 Å². The number of para-hydroxylation sites is 1. The summed E-state index contributed by atoms with van der Waals surface area (Å²) in [6, 6.07) is 11.1. The Kier molecular flexibility index (Phi) is 7.85. The molecule has 6 heteroatoms. The number of methoxy groups -OCH3 is 1. The predicted molar refractivity (Wildman–Crippen MR) is 102 cm³/mol. The molecule has 2 N–H and O–H groups in total. The maximum atomic E-state index is 9.34. The molecule has 0 fully saturated rings. The van der Waals surface area contributed by atoms with Gasteiger partial charge in [0.1, 0.15) is 6.61 Å². The number of aliphatic hydroxyl groups excluding tert-OH is 1. The van der Waals surface area contributed by atoms with Crippen molar-refractivity contribution in [3.63, 3.8) is 0 Å². The first-order valence-corrected chi connectivity index (χ1v) is 8.92. The van der Waals surface area contributed by atoms with Crippen LogP contribution in [-0.2, 0) is 13.2 Å². The smallest absolute Gasteiger partial charge is 0.166 e. The van der Waals surface area contributed by atoms with E-state index in [4.69, 9.17) is 32.7 Å². The molecule has 25 heavy (non-hydrogen) atoms. The number of ether oxygens (including phenoxy) is 2. The number of hydrogen-bond acceptors (Lipinski definition) is 4.